The minimum atomic E-state index is -0.258. The molecule has 440 valence electrons. The lowest BCUT2D eigenvalue weighted by Gasteiger charge is -2.25. The maximum absolute atomic E-state index is 2.50. The van der Waals surface area contributed by atoms with Crippen LogP contribution in [0.3, 0.4) is 0 Å². The summed E-state index contributed by atoms with van der Waals surface area (Å²) in [6.45, 7) is 9.37. The number of hydrogen-bond donors (Lipinski definition) is 0. The smallest absolute Gasteiger partial charge is 0.0541 e. The van der Waals surface area contributed by atoms with E-state index < -0.39 is 0 Å². The Morgan fingerprint density at radius 3 is 1.15 bits per heavy atom. The molecule has 0 atom stereocenters. The average Bonchev–Trinajstić information content (AvgIpc) is 1.58. The minimum absolute atomic E-state index is 0.258. The Morgan fingerprint density at radius 2 is 0.638 bits per heavy atom. The van der Waals surface area contributed by atoms with Crippen molar-refractivity contribution in [2.45, 2.75) is 39.0 Å². The van der Waals surface area contributed by atoms with Crippen LogP contribution in [0, 0.1) is 0 Å². The standard InChI is InChI=1S/C92H62N2/c1-54(2)55-28-30-56(31-29-55)59-35-42-87-80(50-59)83-52-64(61-33-40-71-73-24-10-15-58-17-12-26-75(90(58)73)78(71)48-61)38-45-88(83)94(87)68-21-8-18-66(46-68)69-22-13-27-76-79-49-62(34-41-84(79)92(3,4)91(69)76)65-37-44-86-82(53-65)81-51-63(36-43-85(81)93(86)67-19-6-5-7-20-67)60-32-39-70-72-23-9-14-57-16-11-25-74(89(57)72)77(70)47-60/h5-54H,1-4H3. The Labute approximate surface area is 546 Å². The van der Waals surface area contributed by atoms with Crippen molar-refractivity contribution in [2.24, 2.45) is 0 Å². The molecule has 2 heteroatoms. The SMILES string of the molecule is CC(C)c1ccc(-c2ccc3c(c2)c2cc(-c4ccc5c(c4)-c4cccc6cccc-5c46)ccc2n3-c2cccc(-c3cccc4c3C(C)(C)c3ccc(-c5ccc6c(c5)c5cc(-c7ccc8c(c7)-c7cccc9cccc-8c79)ccc5n6-c5ccccc5)cc3-4)c2)cc1. The fourth-order valence-electron chi connectivity index (χ4n) is 17.0. The van der Waals surface area contributed by atoms with Crippen molar-refractivity contribution in [3.05, 3.63) is 314 Å². The summed E-state index contributed by atoms with van der Waals surface area (Å²) in [6.07, 6.45) is 0. The second-order valence-electron chi connectivity index (χ2n) is 27.3. The predicted molar refractivity (Wildman–Crippen MR) is 398 cm³/mol. The first-order chi connectivity index (χ1) is 46.2. The normalized spacial score (nSPS) is 13.1. The second-order valence-corrected chi connectivity index (χ2v) is 27.3. The first-order valence-electron chi connectivity index (χ1n) is 33.2. The number of para-hydroxylation sites is 1. The third-order valence-corrected chi connectivity index (χ3v) is 21.6. The second kappa shape index (κ2) is 19.7. The zero-order valence-corrected chi connectivity index (χ0v) is 52.8. The van der Waals surface area contributed by atoms with Gasteiger partial charge in [0.2, 0.25) is 0 Å². The minimum Gasteiger partial charge on any atom is -0.309 e. The molecule has 0 N–H and O–H groups in total. The van der Waals surface area contributed by atoms with Gasteiger partial charge in [-0.3, -0.25) is 0 Å². The molecule has 0 bridgehead atoms. The molecular formula is C92H62N2. The Hall–Kier alpha value is -11.6. The molecule has 2 nitrogen and oxygen atoms in total. The molecule has 17 aromatic rings. The van der Waals surface area contributed by atoms with Gasteiger partial charge in [-0.25, -0.2) is 0 Å². The van der Waals surface area contributed by atoms with Gasteiger partial charge in [-0.15, -0.1) is 0 Å². The summed E-state index contributed by atoms with van der Waals surface area (Å²) in [7, 11) is 0. The molecule has 0 spiro atoms. The molecule has 0 saturated heterocycles. The molecule has 94 heavy (non-hydrogen) atoms. The summed E-state index contributed by atoms with van der Waals surface area (Å²) in [5.74, 6) is 0.472. The van der Waals surface area contributed by atoms with Crippen LogP contribution in [0.25, 0.3) is 188 Å². The first-order valence-corrected chi connectivity index (χ1v) is 33.2. The lowest BCUT2D eigenvalue weighted by Crippen LogP contribution is -2.16. The number of rotatable bonds is 8. The van der Waals surface area contributed by atoms with Crippen molar-refractivity contribution >= 4 is 65.2 Å². The Kier molecular flexibility index (Phi) is 11.1. The van der Waals surface area contributed by atoms with Crippen LogP contribution in [0.1, 0.15) is 50.3 Å². The monoisotopic (exact) mass is 1190 g/mol. The van der Waals surface area contributed by atoms with Gasteiger partial charge in [-0.05, 0) is 246 Å². The summed E-state index contributed by atoms with van der Waals surface area (Å²) in [6, 6.07) is 113. The van der Waals surface area contributed by atoms with Crippen molar-refractivity contribution in [3.63, 3.8) is 0 Å². The van der Waals surface area contributed by atoms with Crippen LogP contribution in [-0.2, 0) is 5.41 Å². The summed E-state index contributed by atoms with van der Waals surface area (Å²) < 4.78 is 4.94. The van der Waals surface area contributed by atoms with E-state index in [0.29, 0.717) is 5.92 Å². The van der Waals surface area contributed by atoms with E-state index in [9.17, 15) is 0 Å². The molecule has 0 saturated carbocycles. The van der Waals surface area contributed by atoms with E-state index in [1.165, 1.54) is 193 Å². The van der Waals surface area contributed by atoms with Gasteiger partial charge in [0.1, 0.15) is 0 Å². The summed E-state index contributed by atoms with van der Waals surface area (Å²) in [4.78, 5) is 0. The number of fused-ring (bicyclic) bond motifs is 15. The quantitative estimate of drug-likeness (QED) is 0.144. The van der Waals surface area contributed by atoms with Crippen LogP contribution in [0.4, 0.5) is 0 Å². The maximum Gasteiger partial charge on any atom is 0.0541 e. The molecular weight excluding hydrogens is 1130 g/mol. The molecule has 0 amide bonds. The number of hydrogen-bond acceptors (Lipinski definition) is 0. The molecule has 3 aliphatic rings. The van der Waals surface area contributed by atoms with Crippen molar-refractivity contribution in [3.8, 4) is 123 Å². The number of aromatic nitrogens is 2. The highest BCUT2D eigenvalue weighted by molar-refractivity contribution is 6.18. The van der Waals surface area contributed by atoms with Crippen LogP contribution in [0.15, 0.2) is 297 Å². The third kappa shape index (κ3) is 7.65. The third-order valence-electron chi connectivity index (χ3n) is 21.6. The van der Waals surface area contributed by atoms with E-state index in [4.69, 9.17) is 0 Å². The molecule has 0 aliphatic heterocycles. The Bertz CT molecular complexity index is 6130. The van der Waals surface area contributed by atoms with Crippen molar-refractivity contribution in [2.75, 3.05) is 0 Å². The van der Waals surface area contributed by atoms with E-state index in [2.05, 4.69) is 334 Å². The fraction of sp³-hybridized carbons (Fsp3) is 0.0652. The summed E-state index contributed by atoms with van der Waals surface area (Å²) in [5.41, 5.74) is 36.2. The predicted octanol–water partition coefficient (Wildman–Crippen LogP) is 25.2. The molecule has 0 unspecified atom stereocenters. The highest BCUT2D eigenvalue weighted by Gasteiger charge is 2.38. The van der Waals surface area contributed by atoms with Crippen LogP contribution in [-0.4, -0.2) is 9.13 Å². The zero-order chi connectivity index (χ0) is 62.2. The molecule has 2 heterocycles. The van der Waals surface area contributed by atoms with Gasteiger partial charge >= 0.3 is 0 Å². The number of nitrogens with zero attached hydrogens (tertiary/aromatic N) is 2. The lowest BCUT2D eigenvalue weighted by molar-refractivity contribution is 0.662. The number of benzene rings is 15. The van der Waals surface area contributed by atoms with E-state index in [1.807, 2.05) is 0 Å². The van der Waals surface area contributed by atoms with E-state index in [0.717, 1.165) is 11.4 Å². The van der Waals surface area contributed by atoms with Crippen LogP contribution in [0.5, 0.6) is 0 Å². The van der Waals surface area contributed by atoms with Crippen molar-refractivity contribution in [1.82, 2.24) is 9.13 Å². The Morgan fingerprint density at radius 1 is 0.255 bits per heavy atom. The molecule has 2 aromatic heterocycles. The molecule has 0 radical (unpaired) electrons. The van der Waals surface area contributed by atoms with Gasteiger partial charge in [-0.1, -0.05) is 234 Å². The topological polar surface area (TPSA) is 9.86 Å². The van der Waals surface area contributed by atoms with Gasteiger partial charge in [-0.2, -0.15) is 0 Å². The van der Waals surface area contributed by atoms with Gasteiger partial charge < -0.3 is 9.13 Å². The summed E-state index contributed by atoms with van der Waals surface area (Å²) in [5, 5.41) is 10.3. The largest absolute Gasteiger partial charge is 0.309 e. The zero-order valence-electron chi connectivity index (χ0n) is 52.8. The highest BCUT2D eigenvalue weighted by atomic mass is 15.0. The van der Waals surface area contributed by atoms with E-state index >= 15 is 0 Å². The average molecular weight is 1200 g/mol. The molecule has 0 fully saturated rings. The van der Waals surface area contributed by atoms with Gasteiger partial charge in [0.15, 0.2) is 0 Å². The van der Waals surface area contributed by atoms with Crippen molar-refractivity contribution in [1.29, 1.82) is 0 Å². The van der Waals surface area contributed by atoms with Crippen molar-refractivity contribution < 1.29 is 0 Å². The van der Waals surface area contributed by atoms with Crippen LogP contribution >= 0.6 is 0 Å². The van der Waals surface area contributed by atoms with Gasteiger partial charge in [0.25, 0.3) is 0 Å². The van der Waals surface area contributed by atoms with Crippen LogP contribution in [0.2, 0.25) is 0 Å². The lowest BCUT2D eigenvalue weighted by atomic mass is 9.78. The molecule has 20 rings (SSSR count). The Balaban J connectivity index is 0.688. The summed E-state index contributed by atoms with van der Waals surface area (Å²) >= 11 is 0. The van der Waals surface area contributed by atoms with Gasteiger partial charge in [0.05, 0.1) is 22.1 Å². The maximum atomic E-state index is 2.50. The highest BCUT2D eigenvalue weighted by Crippen LogP contribution is 2.55. The van der Waals surface area contributed by atoms with E-state index in [-0.39, 0.29) is 5.41 Å². The molecule has 15 aromatic carbocycles. The fourth-order valence-corrected chi connectivity index (χ4v) is 17.0. The van der Waals surface area contributed by atoms with Gasteiger partial charge in [0, 0.05) is 38.3 Å². The molecule has 3 aliphatic carbocycles. The van der Waals surface area contributed by atoms with Crippen LogP contribution < -0.4 is 0 Å². The first kappa shape index (κ1) is 53.1. The van der Waals surface area contributed by atoms with E-state index in [1.54, 1.807) is 0 Å².